The smallest absolute Gasteiger partial charge is 0.288 e. The quantitative estimate of drug-likeness (QED) is 0.151. The Hall–Kier alpha value is -2.91. The van der Waals surface area contributed by atoms with Crippen LogP contribution in [-0.2, 0) is 4.74 Å². The van der Waals surface area contributed by atoms with Gasteiger partial charge in [0.05, 0.1) is 25.6 Å². The van der Waals surface area contributed by atoms with E-state index < -0.39 is 5.76 Å². The molecule has 1 aromatic heterocycles. The molecule has 1 saturated heterocycles. The Labute approximate surface area is 239 Å². The molecule has 39 heavy (non-hydrogen) atoms. The molecule has 2 aromatic carbocycles. The Morgan fingerprint density at radius 1 is 0.923 bits per heavy atom. The second-order valence-corrected chi connectivity index (χ2v) is 10.8. The first-order chi connectivity index (χ1) is 19.0. The summed E-state index contributed by atoms with van der Waals surface area (Å²) in [6, 6.07) is 15.9. The van der Waals surface area contributed by atoms with Gasteiger partial charge in [-0.2, -0.15) is 19.0 Å². The summed E-state index contributed by atoms with van der Waals surface area (Å²) >= 11 is 13.0. The average Bonchev–Trinajstić information content (AvgIpc) is 3.56. The fourth-order valence-corrected chi connectivity index (χ4v) is 5.51. The van der Waals surface area contributed by atoms with E-state index in [9.17, 15) is 8.78 Å². The minimum absolute atomic E-state index is 0.503. The third-order valence-corrected chi connectivity index (χ3v) is 7.63. The van der Waals surface area contributed by atoms with E-state index in [1.54, 1.807) is 48.8 Å². The number of alkyl halides is 2. The van der Waals surface area contributed by atoms with E-state index in [-0.39, 0.29) is 0 Å². The molecule has 0 radical (unpaired) electrons. The summed E-state index contributed by atoms with van der Waals surface area (Å²) in [4.78, 5) is 2.84. The van der Waals surface area contributed by atoms with Crippen molar-refractivity contribution in [1.29, 1.82) is 0 Å². The topological polar surface area (TPSA) is 50.3 Å². The number of rotatable bonds is 8. The molecule has 1 fully saturated rings. The van der Waals surface area contributed by atoms with Gasteiger partial charge in [0.15, 0.2) is 0 Å². The molecule has 3 aromatic rings. The fraction of sp³-hybridized carbons (Fsp3) is 0.241. The van der Waals surface area contributed by atoms with Gasteiger partial charge in [-0.1, -0.05) is 53.2 Å². The highest BCUT2D eigenvalue weighted by Crippen LogP contribution is 2.36. The van der Waals surface area contributed by atoms with Gasteiger partial charge in [-0.15, -0.1) is 0 Å². The summed E-state index contributed by atoms with van der Waals surface area (Å²) in [5.74, 6) is -1.28. The Morgan fingerprint density at radius 2 is 1.69 bits per heavy atom. The van der Waals surface area contributed by atoms with Crippen LogP contribution in [0.5, 0.6) is 0 Å². The van der Waals surface area contributed by atoms with Gasteiger partial charge in [0.25, 0.3) is 5.76 Å². The van der Waals surface area contributed by atoms with Crippen LogP contribution in [0.1, 0.15) is 24.2 Å². The van der Waals surface area contributed by atoms with E-state index in [0.717, 1.165) is 48.3 Å². The van der Waals surface area contributed by atoms with E-state index in [4.69, 9.17) is 32.4 Å². The zero-order valence-corrected chi connectivity index (χ0v) is 23.2. The summed E-state index contributed by atoms with van der Waals surface area (Å²) in [5, 5.41) is 9.73. The van der Waals surface area contributed by atoms with Crippen molar-refractivity contribution in [3.8, 4) is 11.3 Å². The van der Waals surface area contributed by atoms with E-state index >= 15 is 0 Å². The number of benzene rings is 2. The second kappa shape index (κ2) is 13.0. The van der Waals surface area contributed by atoms with Gasteiger partial charge in [0, 0.05) is 39.3 Å². The Balaban J connectivity index is 1.32. The number of allylic oxidation sites excluding steroid dienone is 2. The van der Waals surface area contributed by atoms with Crippen LogP contribution in [0.25, 0.3) is 17.4 Å². The third kappa shape index (κ3) is 7.19. The van der Waals surface area contributed by atoms with Crippen LogP contribution in [0, 0.1) is 0 Å². The normalized spacial score (nSPS) is 17.6. The third-order valence-electron chi connectivity index (χ3n) is 6.35. The van der Waals surface area contributed by atoms with Crippen molar-refractivity contribution in [2.24, 2.45) is 10.2 Å². The van der Waals surface area contributed by atoms with E-state index in [0.29, 0.717) is 51.4 Å². The lowest BCUT2D eigenvalue weighted by Crippen LogP contribution is -2.36. The molecule has 0 spiro atoms. The molecule has 2 aliphatic rings. The number of thioether (sulfide) groups is 1. The van der Waals surface area contributed by atoms with E-state index in [1.165, 1.54) is 5.57 Å². The number of halogens is 4. The molecule has 5 rings (SSSR count). The first-order valence-corrected chi connectivity index (χ1v) is 14.0. The lowest BCUT2D eigenvalue weighted by molar-refractivity contribution is 0.0548. The lowest BCUT2D eigenvalue weighted by atomic mass is 10.1. The standard InChI is InChI=1S/C29H25Cl2F2N3O2S/c30-23-6-3-20(26(31)16-23)15-21-1-2-22(28(21)36-11-13-37-14-12-36)17-34-35-18-24-7-10-27(38-24)19-4-8-25(9-5-19)39-29(32)33/h3-10,15-18,29H,1-2,11-14H2. The van der Waals surface area contributed by atoms with Gasteiger partial charge in [-0.3, -0.25) is 0 Å². The molecule has 2 heterocycles. The SMILES string of the molecule is FC(F)Sc1ccc(-c2ccc(C=NN=CC3=C(N4CCOCC4)C(=Cc4ccc(Cl)cc4Cl)CC3)o2)cc1. The van der Waals surface area contributed by atoms with Crippen molar-refractivity contribution in [2.45, 2.75) is 23.5 Å². The summed E-state index contributed by atoms with van der Waals surface area (Å²) in [5.41, 5.74) is 5.17. The molecule has 0 bridgehead atoms. The van der Waals surface area contributed by atoms with Crippen LogP contribution in [0.15, 0.2) is 91.0 Å². The number of morpholine rings is 1. The van der Waals surface area contributed by atoms with E-state index in [1.807, 2.05) is 18.2 Å². The Kier molecular flexibility index (Phi) is 9.19. The number of hydrogen-bond donors (Lipinski definition) is 0. The van der Waals surface area contributed by atoms with Crippen LogP contribution in [-0.4, -0.2) is 49.4 Å². The predicted molar refractivity (Wildman–Crippen MR) is 155 cm³/mol. The Bertz CT molecular complexity index is 1430. The predicted octanol–water partition coefficient (Wildman–Crippen LogP) is 8.44. The molecule has 1 aliphatic carbocycles. The highest BCUT2D eigenvalue weighted by Gasteiger charge is 2.25. The summed E-state index contributed by atoms with van der Waals surface area (Å²) in [7, 11) is 0. The summed E-state index contributed by atoms with van der Waals surface area (Å²) in [6.45, 7) is 2.96. The number of nitrogens with zero attached hydrogens (tertiary/aromatic N) is 3. The van der Waals surface area contributed by atoms with Gasteiger partial charge in [-0.05, 0) is 72.0 Å². The molecule has 0 amide bonds. The highest BCUT2D eigenvalue weighted by molar-refractivity contribution is 7.99. The molecule has 10 heteroatoms. The summed E-state index contributed by atoms with van der Waals surface area (Å²) < 4.78 is 36.5. The molecule has 1 aliphatic heterocycles. The molecule has 5 nitrogen and oxygen atoms in total. The fourth-order valence-electron chi connectivity index (χ4n) is 4.55. The largest absolute Gasteiger partial charge is 0.455 e. The number of hydrogen-bond acceptors (Lipinski definition) is 6. The van der Waals surface area contributed by atoms with Crippen LogP contribution in [0.2, 0.25) is 10.0 Å². The van der Waals surface area contributed by atoms with Crippen LogP contribution >= 0.6 is 35.0 Å². The minimum atomic E-state index is -2.45. The lowest BCUT2D eigenvalue weighted by Gasteiger charge is -2.31. The second-order valence-electron chi connectivity index (χ2n) is 8.90. The molecule has 0 atom stereocenters. The van der Waals surface area contributed by atoms with Crippen molar-refractivity contribution < 1.29 is 17.9 Å². The Morgan fingerprint density at radius 3 is 2.44 bits per heavy atom. The first kappa shape index (κ1) is 27.6. The molecule has 0 N–H and O–H groups in total. The zero-order chi connectivity index (χ0) is 27.2. The number of ether oxygens (including phenoxy) is 1. The molecular formula is C29H25Cl2F2N3O2S. The maximum Gasteiger partial charge on any atom is 0.288 e. The van der Waals surface area contributed by atoms with Crippen LogP contribution in [0.4, 0.5) is 8.78 Å². The van der Waals surface area contributed by atoms with Crippen molar-refractivity contribution in [3.05, 3.63) is 92.8 Å². The van der Waals surface area contributed by atoms with Crippen molar-refractivity contribution in [1.82, 2.24) is 4.90 Å². The van der Waals surface area contributed by atoms with Crippen molar-refractivity contribution in [2.75, 3.05) is 26.3 Å². The first-order valence-electron chi connectivity index (χ1n) is 12.4. The van der Waals surface area contributed by atoms with E-state index in [2.05, 4.69) is 21.2 Å². The average molecular weight is 589 g/mol. The monoisotopic (exact) mass is 587 g/mol. The minimum Gasteiger partial charge on any atom is -0.455 e. The number of furan rings is 1. The van der Waals surface area contributed by atoms with Gasteiger partial charge in [0.2, 0.25) is 0 Å². The summed E-state index contributed by atoms with van der Waals surface area (Å²) in [6.07, 6.45) is 7.18. The molecule has 202 valence electrons. The molecule has 0 saturated carbocycles. The van der Waals surface area contributed by atoms with Crippen molar-refractivity contribution in [3.63, 3.8) is 0 Å². The zero-order valence-electron chi connectivity index (χ0n) is 20.8. The molecular weight excluding hydrogens is 563 g/mol. The van der Waals surface area contributed by atoms with Crippen molar-refractivity contribution >= 4 is 53.5 Å². The van der Waals surface area contributed by atoms with Crippen LogP contribution in [0.3, 0.4) is 0 Å². The highest BCUT2D eigenvalue weighted by atomic mass is 35.5. The van der Waals surface area contributed by atoms with Crippen LogP contribution < -0.4 is 0 Å². The maximum atomic E-state index is 12.5. The van der Waals surface area contributed by atoms with Gasteiger partial charge in [0.1, 0.15) is 11.5 Å². The maximum absolute atomic E-state index is 12.5. The van der Waals surface area contributed by atoms with Gasteiger partial charge >= 0.3 is 0 Å². The van der Waals surface area contributed by atoms with Gasteiger partial charge in [-0.25, -0.2) is 0 Å². The molecule has 0 unspecified atom stereocenters. The van der Waals surface area contributed by atoms with Gasteiger partial charge < -0.3 is 14.1 Å².